The van der Waals surface area contributed by atoms with E-state index in [1.165, 1.54) is 0 Å². The van der Waals surface area contributed by atoms with Crippen LogP contribution in [-0.2, 0) is 12.0 Å². The molecule has 7 heavy (non-hydrogen) atoms. The Morgan fingerprint density at radius 1 is 0.857 bits per heavy atom. The fraction of sp³-hybridized carbons (Fsp3) is 0. The molecule has 7 heteroatoms. The van der Waals surface area contributed by atoms with E-state index in [9.17, 15) is 9.47 Å². The Bertz CT molecular complexity index is 68.7. The molecular formula is Cl3F3Pt. The summed E-state index contributed by atoms with van der Waals surface area (Å²) in [4.78, 5) is 0. The van der Waals surface area contributed by atoms with E-state index >= 15 is 0 Å². The third-order valence-corrected chi connectivity index (χ3v) is 0. The summed E-state index contributed by atoms with van der Waals surface area (Å²) in [6, 6.07) is 0. The third-order valence-electron chi connectivity index (χ3n) is 0. The van der Waals surface area contributed by atoms with Crippen LogP contribution in [0.4, 0.5) is 9.47 Å². The summed E-state index contributed by atoms with van der Waals surface area (Å²) < 4.78 is 33.6. The van der Waals surface area contributed by atoms with Crippen molar-refractivity contribution in [2.24, 2.45) is 0 Å². The van der Waals surface area contributed by atoms with Crippen LogP contribution in [0.15, 0.2) is 0 Å². The van der Waals surface area contributed by atoms with Crippen molar-refractivity contribution in [1.29, 1.82) is 0 Å². The van der Waals surface area contributed by atoms with Crippen molar-refractivity contribution in [1.82, 2.24) is 0 Å². The van der Waals surface area contributed by atoms with Gasteiger partial charge < -0.3 is 0 Å². The first-order valence-electron chi connectivity index (χ1n) is 0.717. The molecule has 0 saturated carbocycles. The zero-order chi connectivity index (χ0) is 6.41. The second-order valence-electron chi connectivity index (χ2n) is 0.678. The number of rotatable bonds is 0. The molecule has 0 aliphatic heterocycles. The Hall–Kier alpha value is 1.35. The Morgan fingerprint density at radius 2 is 0.857 bits per heavy atom. The van der Waals surface area contributed by atoms with E-state index < -0.39 is 12.0 Å². The van der Waals surface area contributed by atoms with E-state index in [1.54, 1.807) is 0 Å². The van der Waals surface area contributed by atoms with Crippen LogP contribution in [0.5, 0.6) is 0 Å². The fourth-order valence-electron chi connectivity index (χ4n) is 0. The van der Waals surface area contributed by atoms with Crippen LogP contribution >= 0.6 is 28.3 Å². The van der Waals surface area contributed by atoms with Gasteiger partial charge in [-0.05, 0) is 0 Å². The van der Waals surface area contributed by atoms with Crippen LogP contribution < -0.4 is 0 Å². The molecule has 0 aliphatic rings. The molecule has 0 amide bonds. The first-order valence-corrected chi connectivity index (χ1v) is 11.7. The first-order chi connectivity index (χ1) is 2.45. The van der Waals surface area contributed by atoms with Gasteiger partial charge in [-0.2, -0.15) is 0 Å². The van der Waals surface area contributed by atoms with E-state index in [0.717, 1.165) is 0 Å². The van der Waals surface area contributed by atoms with Crippen molar-refractivity contribution >= 4 is 28.3 Å². The summed E-state index contributed by atoms with van der Waals surface area (Å²) in [6.45, 7) is 0. The summed E-state index contributed by atoms with van der Waals surface area (Å²) >= 11 is -8.20. The molecule has 0 nitrogen and oxygen atoms in total. The van der Waals surface area contributed by atoms with Crippen molar-refractivity contribution in [2.75, 3.05) is 0 Å². The van der Waals surface area contributed by atoms with E-state index in [-0.39, 0.29) is 0 Å². The van der Waals surface area contributed by atoms with E-state index in [1.807, 2.05) is 0 Å². The topological polar surface area (TPSA) is 0 Å². The summed E-state index contributed by atoms with van der Waals surface area (Å²) in [5, 5.41) is 0. The van der Waals surface area contributed by atoms with Gasteiger partial charge in [0.05, 0.1) is 0 Å². The molecular weight excluding hydrogens is 358 g/mol. The van der Waals surface area contributed by atoms with Gasteiger partial charge in [0.2, 0.25) is 0 Å². The third kappa shape index (κ3) is 116. The number of halogens is 6. The van der Waals surface area contributed by atoms with Gasteiger partial charge >= 0.3 is 49.7 Å². The zero-order valence-corrected chi connectivity index (χ0v) is 7.12. The van der Waals surface area contributed by atoms with Crippen LogP contribution in [0.25, 0.3) is 0 Å². The van der Waals surface area contributed by atoms with Crippen LogP contribution in [0, 0.1) is 0 Å². The first kappa shape index (κ1) is 8.35. The summed E-state index contributed by atoms with van der Waals surface area (Å²) in [5.74, 6) is 0. The number of hydrogen-bond donors (Lipinski definition) is 0. The summed E-state index contributed by atoms with van der Waals surface area (Å²) in [5.41, 5.74) is 0. The van der Waals surface area contributed by atoms with Gasteiger partial charge in [0.15, 0.2) is 0 Å². The van der Waals surface area contributed by atoms with Crippen LogP contribution in [0.2, 0.25) is 0 Å². The average molecular weight is 358 g/mol. The van der Waals surface area contributed by atoms with Crippen LogP contribution in [-0.4, -0.2) is 0 Å². The quantitative estimate of drug-likeness (QED) is 0.623. The molecule has 0 rings (SSSR count). The Labute approximate surface area is 49.7 Å². The Morgan fingerprint density at radius 3 is 0.857 bits per heavy atom. The SMILES string of the molecule is [F][Pt]([F])([F])([Cl])([Cl])[Cl]. The summed E-state index contributed by atoms with van der Waals surface area (Å²) in [7, 11) is 11.3. The van der Waals surface area contributed by atoms with Crippen LogP contribution in [0.1, 0.15) is 0 Å². The van der Waals surface area contributed by atoms with Crippen LogP contribution in [0.3, 0.4) is 0 Å². The van der Waals surface area contributed by atoms with Gasteiger partial charge in [-0.15, -0.1) is 0 Å². The standard InChI is InChI=1S/3ClH.3FH.Pt/h6*1H;/q;;;;;;+6/p-6. The molecule has 0 aromatic rings. The molecule has 0 unspecified atom stereocenters. The van der Waals surface area contributed by atoms with Crippen molar-refractivity contribution in [3.8, 4) is 0 Å². The molecule has 0 fully saturated rings. The van der Waals surface area contributed by atoms with Crippen molar-refractivity contribution < 1.29 is 21.5 Å². The Kier molecular flexibility index (Phi) is 1.32. The molecule has 0 bridgehead atoms. The maximum atomic E-state index is 11.2. The van der Waals surface area contributed by atoms with Gasteiger partial charge in [0.25, 0.3) is 0 Å². The molecule has 0 spiro atoms. The number of hydrogen-bond acceptors (Lipinski definition) is 0. The fourth-order valence-corrected chi connectivity index (χ4v) is 0. The molecule has 52 valence electrons. The molecule has 0 heterocycles. The second kappa shape index (κ2) is 1.11. The molecule has 0 N–H and O–H groups in total. The van der Waals surface area contributed by atoms with Gasteiger partial charge in [-0.1, -0.05) is 0 Å². The van der Waals surface area contributed by atoms with Crippen molar-refractivity contribution in [2.45, 2.75) is 0 Å². The molecule has 0 aromatic carbocycles. The predicted molar refractivity (Wildman–Crippen MR) is 20.9 cm³/mol. The molecule has 0 atom stereocenters. The van der Waals surface area contributed by atoms with Gasteiger partial charge in [-0.25, -0.2) is 0 Å². The van der Waals surface area contributed by atoms with Crippen molar-refractivity contribution in [3.63, 3.8) is 0 Å². The normalized spacial score (nSPS) is 23.1. The average Bonchev–Trinajstić information content (AvgIpc) is 0.592. The Balaban J connectivity index is 4.43. The van der Waals surface area contributed by atoms with E-state index in [2.05, 4.69) is 28.3 Å². The monoisotopic (exact) mass is 357 g/mol. The minimum atomic E-state index is -8.20. The molecule has 0 aromatic heterocycles. The summed E-state index contributed by atoms with van der Waals surface area (Å²) in [6.07, 6.45) is 0. The second-order valence-corrected chi connectivity index (χ2v) is 21.1. The molecule has 0 saturated heterocycles. The zero-order valence-electron chi connectivity index (χ0n) is 2.58. The van der Waals surface area contributed by atoms with Gasteiger partial charge in [-0.3, -0.25) is 0 Å². The van der Waals surface area contributed by atoms with E-state index in [4.69, 9.17) is 0 Å². The maximum absolute atomic E-state index is 11.2. The van der Waals surface area contributed by atoms with Crippen molar-refractivity contribution in [3.05, 3.63) is 0 Å². The van der Waals surface area contributed by atoms with Gasteiger partial charge in [0.1, 0.15) is 0 Å². The molecule has 0 aliphatic carbocycles. The minimum absolute atomic E-state index is 3.75. The van der Waals surface area contributed by atoms with E-state index in [0.29, 0.717) is 0 Å². The van der Waals surface area contributed by atoms with Gasteiger partial charge in [0, 0.05) is 0 Å². The predicted octanol–water partition coefficient (Wildman–Crippen LogP) is 3.33. The molecule has 0 radical (unpaired) electrons.